The lowest BCUT2D eigenvalue weighted by Gasteiger charge is -2.32. The molecular weight excluding hydrogens is 392 g/mol. The number of benzene rings is 1. The minimum absolute atomic E-state index is 0.0677. The Morgan fingerprint density at radius 1 is 1.23 bits per heavy atom. The summed E-state index contributed by atoms with van der Waals surface area (Å²) in [7, 11) is 0. The number of carbonyl (C=O) groups excluding carboxylic acids is 2. The Morgan fingerprint density at radius 3 is 2.73 bits per heavy atom. The minimum Gasteiger partial charge on any atom is -0.501 e. The molecule has 2 N–H and O–H groups in total. The van der Waals surface area contributed by atoms with Gasteiger partial charge in [-0.25, -0.2) is 9.78 Å². The molecule has 2 amide bonds. The van der Waals surface area contributed by atoms with Crippen LogP contribution in [0.5, 0.6) is 5.75 Å². The molecule has 0 atom stereocenters. The quantitative estimate of drug-likeness (QED) is 0.768. The van der Waals surface area contributed by atoms with Gasteiger partial charge in [-0.05, 0) is 25.5 Å². The molecule has 0 aliphatic carbocycles. The van der Waals surface area contributed by atoms with Gasteiger partial charge in [-0.15, -0.1) is 0 Å². The molecular formula is C20H22N4O6. The molecule has 3 heterocycles. The minimum atomic E-state index is -0.872. The zero-order valence-corrected chi connectivity index (χ0v) is 16.7. The fourth-order valence-corrected chi connectivity index (χ4v) is 3.62. The number of anilines is 1. The number of rotatable bonds is 4. The summed E-state index contributed by atoms with van der Waals surface area (Å²) >= 11 is 0. The number of aromatic hydroxyl groups is 1. The highest BCUT2D eigenvalue weighted by atomic mass is 16.6. The third-order valence-electron chi connectivity index (χ3n) is 5.16. The van der Waals surface area contributed by atoms with E-state index in [1.54, 1.807) is 38.1 Å². The number of cyclic esters (lactones) is 1. The van der Waals surface area contributed by atoms with Gasteiger partial charge in [-0.2, -0.15) is 0 Å². The lowest BCUT2D eigenvalue weighted by molar-refractivity contribution is -0.0566. The second-order valence-corrected chi connectivity index (χ2v) is 7.53. The standard InChI is InChI=1S/C20H22N4O6/c1-20(2)18-22-14(15(25)17(27)24(18)8-10-30-20)16(26)21-11-12-5-3-4-6-13(12)23-7-9-29-19(23)28/h3-6,25H,7-11H2,1-2H3,(H,21,26). The molecule has 0 spiro atoms. The Morgan fingerprint density at radius 2 is 2.00 bits per heavy atom. The molecule has 0 saturated carbocycles. The molecule has 30 heavy (non-hydrogen) atoms. The molecule has 2 aliphatic heterocycles. The zero-order chi connectivity index (χ0) is 21.5. The van der Waals surface area contributed by atoms with E-state index in [1.807, 2.05) is 0 Å². The number of nitrogens with zero attached hydrogens (tertiary/aromatic N) is 3. The number of nitrogens with one attached hydrogen (secondary N) is 1. The Balaban J connectivity index is 1.60. The average molecular weight is 414 g/mol. The van der Waals surface area contributed by atoms with Crippen molar-refractivity contribution in [3.05, 3.63) is 51.7 Å². The van der Waals surface area contributed by atoms with Gasteiger partial charge in [0.2, 0.25) is 5.75 Å². The monoisotopic (exact) mass is 414 g/mol. The Kier molecular flexibility index (Phi) is 4.94. The number of carbonyl (C=O) groups is 2. The van der Waals surface area contributed by atoms with Gasteiger partial charge in [0, 0.05) is 6.54 Å². The first kappa shape index (κ1) is 19.9. The Bertz CT molecular complexity index is 1080. The highest BCUT2D eigenvalue weighted by Crippen LogP contribution is 2.27. The third kappa shape index (κ3) is 3.39. The van der Waals surface area contributed by atoms with Gasteiger partial charge in [-0.1, -0.05) is 18.2 Å². The smallest absolute Gasteiger partial charge is 0.414 e. The lowest BCUT2D eigenvalue weighted by Crippen LogP contribution is -2.42. The van der Waals surface area contributed by atoms with E-state index in [0.29, 0.717) is 31.0 Å². The lowest BCUT2D eigenvalue weighted by atomic mass is 10.1. The maximum atomic E-state index is 12.8. The largest absolute Gasteiger partial charge is 0.501 e. The fourth-order valence-electron chi connectivity index (χ4n) is 3.62. The highest BCUT2D eigenvalue weighted by molar-refractivity contribution is 5.95. The molecule has 1 saturated heterocycles. The van der Waals surface area contributed by atoms with Gasteiger partial charge < -0.3 is 19.9 Å². The van der Waals surface area contributed by atoms with Crippen LogP contribution < -0.4 is 15.8 Å². The number of para-hydroxylation sites is 1. The van der Waals surface area contributed by atoms with Crippen LogP contribution >= 0.6 is 0 Å². The number of ether oxygens (including phenoxy) is 2. The maximum absolute atomic E-state index is 12.8. The molecule has 1 aromatic heterocycles. The topological polar surface area (TPSA) is 123 Å². The van der Waals surface area contributed by atoms with Crippen LogP contribution in [0.4, 0.5) is 10.5 Å². The molecule has 158 valence electrons. The number of hydrogen-bond acceptors (Lipinski definition) is 7. The predicted molar refractivity (Wildman–Crippen MR) is 105 cm³/mol. The first-order chi connectivity index (χ1) is 14.3. The highest BCUT2D eigenvalue weighted by Gasteiger charge is 2.34. The first-order valence-corrected chi connectivity index (χ1v) is 9.58. The van der Waals surface area contributed by atoms with E-state index in [9.17, 15) is 19.5 Å². The van der Waals surface area contributed by atoms with Crippen LogP contribution in [0, 0.1) is 0 Å². The van der Waals surface area contributed by atoms with E-state index in [0.717, 1.165) is 0 Å². The van der Waals surface area contributed by atoms with Crippen LogP contribution in [0.25, 0.3) is 0 Å². The van der Waals surface area contributed by atoms with E-state index in [2.05, 4.69) is 10.3 Å². The van der Waals surface area contributed by atoms with Gasteiger partial charge >= 0.3 is 6.09 Å². The van der Waals surface area contributed by atoms with E-state index in [-0.39, 0.29) is 24.6 Å². The van der Waals surface area contributed by atoms with Crippen molar-refractivity contribution in [3.63, 3.8) is 0 Å². The van der Waals surface area contributed by atoms with E-state index < -0.39 is 28.9 Å². The van der Waals surface area contributed by atoms with Crippen LogP contribution in [0.3, 0.4) is 0 Å². The van der Waals surface area contributed by atoms with Crippen molar-refractivity contribution in [2.45, 2.75) is 32.5 Å². The van der Waals surface area contributed by atoms with Crippen molar-refractivity contribution < 1.29 is 24.2 Å². The van der Waals surface area contributed by atoms with Gasteiger partial charge in [-0.3, -0.25) is 19.1 Å². The summed E-state index contributed by atoms with van der Waals surface area (Å²) in [5.74, 6) is -1.12. The van der Waals surface area contributed by atoms with E-state index in [4.69, 9.17) is 9.47 Å². The second kappa shape index (κ2) is 7.45. The van der Waals surface area contributed by atoms with Crippen molar-refractivity contribution in [1.82, 2.24) is 14.9 Å². The van der Waals surface area contributed by atoms with Crippen molar-refractivity contribution >= 4 is 17.7 Å². The van der Waals surface area contributed by atoms with Crippen LogP contribution in [-0.2, 0) is 28.2 Å². The zero-order valence-electron chi connectivity index (χ0n) is 16.7. The number of fused-ring (bicyclic) bond motifs is 1. The van der Waals surface area contributed by atoms with Crippen molar-refractivity contribution in [2.75, 3.05) is 24.7 Å². The van der Waals surface area contributed by atoms with Crippen molar-refractivity contribution in [3.8, 4) is 5.75 Å². The maximum Gasteiger partial charge on any atom is 0.414 e. The summed E-state index contributed by atoms with van der Waals surface area (Å²) in [5, 5.41) is 13.0. The summed E-state index contributed by atoms with van der Waals surface area (Å²) in [5.41, 5.74) is -0.604. The van der Waals surface area contributed by atoms with Crippen LogP contribution in [0.15, 0.2) is 29.1 Å². The average Bonchev–Trinajstić information content (AvgIpc) is 3.14. The summed E-state index contributed by atoms with van der Waals surface area (Å²) in [6.07, 6.45) is -0.446. The summed E-state index contributed by atoms with van der Waals surface area (Å²) < 4.78 is 12.0. The molecule has 1 fully saturated rings. The van der Waals surface area contributed by atoms with Gasteiger partial charge in [0.25, 0.3) is 11.5 Å². The van der Waals surface area contributed by atoms with E-state index >= 15 is 0 Å². The predicted octanol–water partition coefficient (Wildman–Crippen LogP) is 1.10. The molecule has 0 unspecified atom stereocenters. The molecule has 2 aliphatic rings. The van der Waals surface area contributed by atoms with Gasteiger partial charge in [0.1, 0.15) is 18.0 Å². The molecule has 0 radical (unpaired) electrons. The molecule has 10 heteroatoms. The molecule has 2 aromatic rings. The second-order valence-electron chi connectivity index (χ2n) is 7.53. The molecule has 0 bridgehead atoms. The number of hydrogen-bond donors (Lipinski definition) is 2. The van der Waals surface area contributed by atoms with Crippen LogP contribution in [0.1, 0.15) is 35.7 Å². The van der Waals surface area contributed by atoms with Gasteiger partial charge in [0.15, 0.2) is 5.69 Å². The first-order valence-electron chi connectivity index (χ1n) is 9.58. The SMILES string of the molecule is CC1(C)OCCn2c1nc(C(=O)NCc1ccccc1N1CCOC1=O)c(O)c2=O. The van der Waals surface area contributed by atoms with Crippen molar-refractivity contribution in [1.29, 1.82) is 0 Å². The normalized spacial score (nSPS) is 17.4. The van der Waals surface area contributed by atoms with Crippen molar-refractivity contribution in [2.24, 2.45) is 0 Å². The molecule has 10 nitrogen and oxygen atoms in total. The van der Waals surface area contributed by atoms with E-state index in [1.165, 1.54) is 9.47 Å². The summed E-state index contributed by atoms with van der Waals surface area (Å²) in [4.78, 5) is 42.9. The van der Waals surface area contributed by atoms with Crippen LogP contribution in [-0.4, -0.2) is 46.4 Å². The Hall–Kier alpha value is -3.40. The molecule has 1 aromatic carbocycles. The fraction of sp³-hybridized carbons (Fsp3) is 0.400. The summed E-state index contributed by atoms with van der Waals surface area (Å²) in [6, 6.07) is 7.10. The van der Waals surface area contributed by atoms with Gasteiger partial charge in [0.05, 0.1) is 25.4 Å². The molecule has 4 rings (SSSR count). The Labute approximate surface area is 172 Å². The number of amides is 2. The third-order valence-corrected chi connectivity index (χ3v) is 5.16. The number of aromatic nitrogens is 2. The van der Waals surface area contributed by atoms with Crippen LogP contribution in [0.2, 0.25) is 0 Å². The summed E-state index contributed by atoms with van der Waals surface area (Å²) in [6.45, 7) is 4.83.